The molecule has 0 radical (unpaired) electrons. The Labute approximate surface area is 102 Å². The second-order valence-corrected chi connectivity index (χ2v) is 4.86. The first-order chi connectivity index (χ1) is 8.06. The molecule has 17 heavy (non-hydrogen) atoms. The largest absolute Gasteiger partial charge is 0.273 e. The van der Waals surface area contributed by atoms with E-state index in [-0.39, 0.29) is 5.91 Å². The van der Waals surface area contributed by atoms with Gasteiger partial charge in [-0.1, -0.05) is 43.7 Å². The van der Waals surface area contributed by atoms with Crippen LogP contribution in [0.3, 0.4) is 0 Å². The van der Waals surface area contributed by atoms with Crippen LogP contribution in [0, 0.1) is 12.8 Å². The van der Waals surface area contributed by atoms with Crippen LogP contribution in [0.5, 0.6) is 0 Å². The minimum absolute atomic E-state index is 0.106. The summed E-state index contributed by atoms with van der Waals surface area (Å²) in [5.41, 5.74) is 3.34. The number of hydrogen-bond donors (Lipinski definition) is 0. The number of hydrazone groups is 1. The summed E-state index contributed by atoms with van der Waals surface area (Å²) in [6, 6.07) is 8.21. The fraction of sp³-hybridized carbons (Fsp3) is 0.429. The van der Waals surface area contributed by atoms with E-state index in [1.165, 1.54) is 5.56 Å². The van der Waals surface area contributed by atoms with Crippen LogP contribution in [-0.4, -0.2) is 16.6 Å². The van der Waals surface area contributed by atoms with Gasteiger partial charge in [0.15, 0.2) is 0 Å². The van der Waals surface area contributed by atoms with E-state index in [2.05, 4.69) is 38.0 Å². The molecule has 0 fully saturated rings. The number of amides is 1. The van der Waals surface area contributed by atoms with E-state index in [1.807, 2.05) is 12.1 Å². The minimum Gasteiger partial charge on any atom is -0.273 e. The van der Waals surface area contributed by atoms with Gasteiger partial charge in [0.1, 0.15) is 0 Å². The zero-order valence-electron chi connectivity index (χ0n) is 10.6. The molecule has 1 aromatic carbocycles. The maximum atomic E-state index is 11.8. The Morgan fingerprint density at radius 1 is 1.29 bits per heavy atom. The van der Waals surface area contributed by atoms with Gasteiger partial charge in [-0.15, -0.1) is 0 Å². The van der Waals surface area contributed by atoms with Crippen molar-refractivity contribution in [2.45, 2.75) is 33.7 Å². The van der Waals surface area contributed by atoms with Gasteiger partial charge < -0.3 is 0 Å². The summed E-state index contributed by atoms with van der Waals surface area (Å²) < 4.78 is 0. The highest BCUT2D eigenvalue weighted by atomic mass is 16.2. The molecule has 3 heteroatoms. The second kappa shape index (κ2) is 4.70. The normalized spacial score (nSPS) is 15.6. The zero-order valence-corrected chi connectivity index (χ0v) is 10.6. The molecule has 1 aliphatic heterocycles. The number of benzene rings is 1. The third-order valence-electron chi connectivity index (χ3n) is 2.99. The lowest BCUT2D eigenvalue weighted by Crippen LogP contribution is -2.20. The molecule has 0 atom stereocenters. The van der Waals surface area contributed by atoms with Crippen molar-refractivity contribution >= 4 is 11.6 Å². The van der Waals surface area contributed by atoms with E-state index in [0.717, 1.165) is 11.3 Å². The summed E-state index contributed by atoms with van der Waals surface area (Å²) in [5, 5.41) is 5.97. The smallest absolute Gasteiger partial charge is 0.248 e. The molecule has 0 spiro atoms. The summed E-state index contributed by atoms with van der Waals surface area (Å²) in [5.74, 6) is 0.455. The van der Waals surface area contributed by atoms with Crippen molar-refractivity contribution in [1.82, 2.24) is 5.01 Å². The first-order valence-corrected chi connectivity index (χ1v) is 5.99. The fourth-order valence-electron chi connectivity index (χ4n) is 1.80. The molecule has 0 saturated carbocycles. The van der Waals surface area contributed by atoms with Crippen molar-refractivity contribution in [1.29, 1.82) is 0 Å². The molecule has 1 aliphatic rings. The topological polar surface area (TPSA) is 32.7 Å². The summed E-state index contributed by atoms with van der Waals surface area (Å²) in [6.07, 6.45) is 0.476. The number of aryl methyl sites for hydroxylation is 1. The van der Waals surface area contributed by atoms with E-state index < -0.39 is 0 Å². The van der Waals surface area contributed by atoms with E-state index in [9.17, 15) is 4.79 Å². The first kappa shape index (κ1) is 11.8. The number of nitrogens with zero attached hydrogens (tertiary/aromatic N) is 2. The molecule has 0 N–H and O–H groups in total. The Morgan fingerprint density at radius 2 is 1.94 bits per heavy atom. The number of rotatable bonds is 3. The molecule has 1 amide bonds. The third-order valence-corrected chi connectivity index (χ3v) is 2.99. The van der Waals surface area contributed by atoms with Gasteiger partial charge >= 0.3 is 0 Å². The summed E-state index contributed by atoms with van der Waals surface area (Å²) in [4.78, 5) is 11.8. The maximum absolute atomic E-state index is 11.8. The Hall–Kier alpha value is -1.64. The molecule has 0 bridgehead atoms. The average molecular weight is 230 g/mol. The van der Waals surface area contributed by atoms with Crippen molar-refractivity contribution in [3.05, 3.63) is 35.4 Å². The van der Waals surface area contributed by atoms with Gasteiger partial charge in [0.05, 0.1) is 18.7 Å². The number of carbonyl (C=O) groups excluding carboxylic acids is 1. The molecule has 2 rings (SSSR count). The lowest BCUT2D eigenvalue weighted by atomic mass is 10.1. The molecule has 3 nitrogen and oxygen atoms in total. The second-order valence-electron chi connectivity index (χ2n) is 4.86. The van der Waals surface area contributed by atoms with Crippen molar-refractivity contribution in [2.75, 3.05) is 0 Å². The summed E-state index contributed by atoms with van der Waals surface area (Å²) in [7, 11) is 0. The highest BCUT2D eigenvalue weighted by molar-refractivity contribution is 6.05. The van der Waals surface area contributed by atoms with Crippen molar-refractivity contribution < 1.29 is 4.79 Å². The Balaban J connectivity index is 2.09. The third kappa shape index (κ3) is 2.73. The monoisotopic (exact) mass is 230 g/mol. The van der Waals surface area contributed by atoms with E-state index in [0.29, 0.717) is 18.9 Å². The van der Waals surface area contributed by atoms with Gasteiger partial charge in [0.25, 0.3) is 0 Å². The highest BCUT2D eigenvalue weighted by Gasteiger charge is 2.25. The van der Waals surface area contributed by atoms with Crippen LogP contribution in [0.15, 0.2) is 29.4 Å². The molecule has 1 heterocycles. The molecular formula is C14H18N2O. The maximum Gasteiger partial charge on any atom is 0.248 e. The SMILES string of the molecule is Cc1ccc(CN2N=C(C(C)C)CC2=O)cc1. The Morgan fingerprint density at radius 3 is 2.47 bits per heavy atom. The van der Waals surface area contributed by atoms with E-state index >= 15 is 0 Å². The predicted molar refractivity (Wildman–Crippen MR) is 68.6 cm³/mol. The van der Waals surface area contributed by atoms with Gasteiger partial charge in [0, 0.05) is 0 Å². The Kier molecular flexibility index (Phi) is 3.27. The van der Waals surface area contributed by atoms with Crippen molar-refractivity contribution in [3.63, 3.8) is 0 Å². The van der Waals surface area contributed by atoms with Crippen LogP contribution < -0.4 is 0 Å². The van der Waals surface area contributed by atoms with Crippen molar-refractivity contribution in [2.24, 2.45) is 11.0 Å². The van der Waals surface area contributed by atoms with Gasteiger partial charge in [-0.3, -0.25) is 4.79 Å². The van der Waals surface area contributed by atoms with Gasteiger partial charge in [-0.2, -0.15) is 5.10 Å². The van der Waals surface area contributed by atoms with E-state index in [4.69, 9.17) is 0 Å². The lowest BCUT2D eigenvalue weighted by molar-refractivity contribution is -0.129. The van der Waals surface area contributed by atoms with Gasteiger partial charge in [-0.05, 0) is 18.4 Å². The first-order valence-electron chi connectivity index (χ1n) is 5.99. The van der Waals surface area contributed by atoms with Gasteiger partial charge in [0.2, 0.25) is 5.91 Å². The van der Waals surface area contributed by atoms with Gasteiger partial charge in [-0.25, -0.2) is 5.01 Å². The highest BCUT2D eigenvalue weighted by Crippen LogP contribution is 2.17. The average Bonchev–Trinajstić information content (AvgIpc) is 2.64. The van der Waals surface area contributed by atoms with Crippen LogP contribution in [0.25, 0.3) is 0 Å². The number of hydrogen-bond acceptors (Lipinski definition) is 2. The molecule has 0 saturated heterocycles. The van der Waals surface area contributed by atoms with Crippen LogP contribution >= 0.6 is 0 Å². The summed E-state index contributed by atoms with van der Waals surface area (Å²) in [6.45, 7) is 6.78. The Bertz CT molecular complexity index is 446. The van der Waals surface area contributed by atoms with Crippen molar-refractivity contribution in [3.8, 4) is 0 Å². The van der Waals surface area contributed by atoms with Crippen LogP contribution in [0.2, 0.25) is 0 Å². The van der Waals surface area contributed by atoms with E-state index in [1.54, 1.807) is 5.01 Å². The van der Waals surface area contributed by atoms with Crippen LogP contribution in [0.4, 0.5) is 0 Å². The van der Waals surface area contributed by atoms with Crippen LogP contribution in [-0.2, 0) is 11.3 Å². The minimum atomic E-state index is 0.106. The predicted octanol–water partition coefficient (Wildman–Crippen LogP) is 2.74. The molecule has 0 aliphatic carbocycles. The fourth-order valence-corrected chi connectivity index (χ4v) is 1.80. The zero-order chi connectivity index (χ0) is 12.4. The summed E-state index contributed by atoms with van der Waals surface area (Å²) >= 11 is 0. The quantitative estimate of drug-likeness (QED) is 0.785. The number of carbonyl (C=O) groups is 1. The lowest BCUT2D eigenvalue weighted by Gasteiger charge is -2.11. The standard InChI is InChI=1S/C14H18N2O/c1-10(2)13-8-14(17)16(15-13)9-12-6-4-11(3)5-7-12/h4-7,10H,8-9H2,1-3H3. The molecule has 0 aromatic heterocycles. The van der Waals surface area contributed by atoms with Crippen LogP contribution in [0.1, 0.15) is 31.4 Å². The molecule has 90 valence electrons. The molecule has 1 aromatic rings. The molecular weight excluding hydrogens is 212 g/mol. The molecule has 0 unspecified atom stereocenters.